The third-order valence-electron chi connectivity index (χ3n) is 11.5. The number of rotatable bonds is 7. The molecule has 0 aliphatic rings. The van der Waals surface area contributed by atoms with Gasteiger partial charge in [0.05, 0.1) is 11.0 Å². The van der Waals surface area contributed by atoms with Crippen molar-refractivity contribution < 1.29 is 0 Å². The Morgan fingerprint density at radius 2 is 0.724 bits per heavy atom. The number of fused-ring (bicyclic) bond motifs is 5. The van der Waals surface area contributed by atoms with E-state index in [1.807, 2.05) is 0 Å². The first-order valence-electron chi connectivity index (χ1n) is 19.9. The van der Waals surface area contributed by atoms with Crippen molar-refractivity contribution in [1.29, 1.82) is 0 Å². The topological polar surface area (TPSA) is 8.17 Å². The lowest BCUT2D eigenvalue weighted by molar-refractivity contribution is 1.18. The summed E-state index contributed by atoms with van der Waals surface area (Å²) in [5.74, 6) is 0. The second-order valence-electron chi connectivity index (χ2n) is 15.0. The van der Waals surface area contributed by atoms with Gasteiger partial charge in [-0.1, -0.05) is 158 Å². The molecule has 1 heterocycles. The van der Waals surface area contributed by atoms with Crippen molar-refractivity contribution in [2.45, 2.75) is 0 Å². The number of benzene rings is 10. The van der Waals surface area contributed by atoms with E-state index in [9.17, 15) is 0 Å². The summed E-state index contributed by atoms with van der Waals surface area (Å²) >= 11 is 0. The summed E-state index contributed by atoms with van der Waals surface area (Å²) in [4.78, 5) is 2.40. The van der Waals surface area contributed by atoms with Crippen LogP contribution in [0, 0.1) is 0 Å². The van der Waals surface area contributed by atoms with Crippen LogP contribution in [-0.2, 0) is 0 Å². The minimum atomic E-state index is 1.10. The molecule has 272 valence electrons. The van der Waals surface area contributed by atoms with Crippen molar-refractivity contribution >= 4 is 60.4 Å². The van der Waals surface area contributed by atoms with Crippen LogP contribution in [0.4, 0.5) is 17.1 Å². The summed E-state index contributed by atoms with van der Waals surface area (Å²) in [5, 5.41) is 7.38. The van der Waals surface area contributed by atoms with Gasteiger partial charge in [0.25, 0.3) is 0 Å². The Kier molecular flexibility index (Phi) is 8.19. The number of nitrogens with zero attached hydrogens (tertiary/aromatic N) is 2. The predicted molar refractivity (Wildman–Crippen MR) is 247 cm³/mol. The monoisotopic (exact) mass is 738 g/mol. The highest BCUT2D eigenvalue weighted by atomic mass is 15.1. The minimum Gasteiger partial charge on any atom is -0.310 e. The molecule has 0 amide bonds. The number of para-hydroxylation sites is 2. The van der Waals surface area contributed by atoms with E-state index in [-0.39, 0.29) is 0 Å². The highest BCUT2D eigenvalue weighted by Crippen LogP contribution is 2.41. The maximum absolute atomic E-state index is 2.40. The molecule has 0 N–H and O–H groups in total. The minimum absolute atomic E-state index is 1.10. The zero-order valence-electron chi connectivity index (χ0n) is 31.8. The maximum Gasteiger partial charge on any atom is 0.0542 e. The van der Waals surface area contributed by atoms with Crippen LogP contribution in [0.25, 0.3) is 82.4 Å². The van der Waals surface area contributed by atoms with E-state index < -0.39 is 0 Å². The number of hydrogen-bond donors (Lipinski definition) is 0. The van der Waals surface area contributed by atoms with E-state index in [1.165, 1.54) is 76.7 Å². The highest BCUT2D eigenvalue weighted by Gasteiger charge is 2.18. The second-order valence-corrected chi connectivity index (χ2v) is 15.0. The van der Waals surface area contributed by atoms with Gasteiger partial charge < -0.3 is 9.47 Å². The Hall–Kier alpha value is -7.68. The van der Waals surface area contributed by atoms with Crippen LogP contribution in [0.3, 0.4) is 0 Å². The molecule has 0 saturated heterocycles. The van der Waals surface area contributed by atoms with Crippen molar-refractivity contribution in [2.75, 3.05) is 4.90 Å². The fourth-order valence-electron chi connectivity index (χ4n) is 8.61. The average molecular weight is 739 g/mol. The Morgan fingerprint density at radius 3 is 1.47 bits per heavy atom. The predicted octanol–water partition coefficient (Wildman–Crippen LogP) is 15.6. The SMILES string of the molecule is c1ccc(-c2ccc(N(c3ccc4ccc(-c5ccc(-c6ccc7ccccc7c6)cc5)cc4c3)c3ccc4c(c3)c3ccccc3n4-c3ccccc3)cc2)cc1. The van der Waals surface area contributed by atoms with Gasteiger partial charge in [-0.3, -0.25) is 0 Å². The molecule has 0 fully saturated rings. The third-order valence-corrected chi connectivity index (χ3v) is 11.5. The van der Waals surface area contributed by atoms with Crippen LogP contribution in [-0.4, -0.2) is 4.57 Å². The Bertz CT molecular complexity index is 3250. The summed E-state index contributed by atoms with van der Waals surface area (Å²) in [5.41, 5.74) is 14.1. The van der Waals surface area contributed by atoms with Crippen LogP contribution in [0.2, 0.25) is 0 Å². The largest absolute Gasteiger partial charge is 0.310 e. The molecule has 0 bridgehead atoms. The average Bonchev–Trinajstić information content (AvgIpc) is 3.63. The van der Waals surface area contributed by atoms with Gasteiger partial charge in [0.2, 0.25) is 0 Å². The van der Waals surface area contributed by atoms with Crippen LogP contribution in [0.1, 0.15) is 0 Å². The van der Waals surface area contributed by atoms with Gasteiger partial charge >= 0.3 is 0 Å². The van der Waals surface area contributed by atoms with Crippen molar-refractivity contribution in [3.05, 3.63) is 231 Å². The zero-order chi connectivity index (χ0) is 38.4. The summed E-state index contributed by atoms with van der Waals surface area (Å²) < 4.78 is 2.37. The maximum atomic E-state index is 2.40. The van der Waals surface area contributed by atoms with E-state index in [0.29, 0.717) is 0 Å². The molecule has 0 atom stereocenters. The summed E-state index contributed by atoms with van der Waals surface area (Å²) in [6.45, 7) is 0. The molecule has 0 spiro atoms. The lowest BCUT2D eigenvalue weighted by Crippen LogP contribution is -2.10. The first-order chi connectivity index (χ1) is 28.7. The molecule has 11 rings (SSSR count). The molecule has 2 heteroatoms. The van der Waals surface area contributed by atoms with Crippen molar-refractivity contribution in [3.8, 4) is 39.1 Å². The van der Waals surface area contributed by atoms with E-state index in [2.05, 4.69) is 240 Å². The fourth-order valence-corrected chi connectivity index (χ4v) is 8.61. The van der Waals surface area contributed by atoms with Crippen LogP contribution in [0.5, 0.6) is 0 Å². The smallest absolute Gasteiger partial charge is 0.0542 e. The Labute approximate surface area is 338 Å². The molecule has 58 heavy (non-hydrogen) atoms. The Balaban J connectivity index is 1.02. The molecule has 0 aliphatic heterocycles. The summed E-state index contributed by atoms with van der Waals surface area (Å²) in [6.07, 6.45) is 0. The molecule has 0 aliphatic carbocycles. The number of aromatic nitrogens is 1. The normalized spacial score (nSPS) is 11.4. The number of hydrogen-bond acceptors (Lipinski definition) is 1. The second kappa shape index (κ2) is 14.1. The van der Waals surface area contributed by atoms with Gasteiger partial charge in [-0.05, 0) is 128 Å². The quantitative estimate of drug-likeness (QED) is 0.158. The van der Waals surface area contributed by atoms with Crippen molar-refractivity contribution in [2.24, 2.45) is 0 Å². The third kappa shape index (κ3) is 6.00. The molecule has 0 radical (unpaired) electrons. The van der Waals surface area contributed by atoms with Crippen LogP contribution < -0.4 is 4.90 Å². The highest BCUT2D eigenvalue weighted by molar-refractivity contribution is 6.11. The Morgan fingerprint density at radius 1 is 0.259 bits per heavy atom. The van der Waals surface area contributed by atoms with Gasteiger partial charge in [0.15, 0.2) is 0 Å². The molecule has 11 aromatic rings. The van der Waals surface area contributed by atoms with Gasteiger partial charge in [0, 0.05) is 33.5 Å². The number of anilines is 3. The zero-order valence-corrected chi connectivity index (χ0v) is 31.8. The lowest BCUT2D eigenvalue weighted by Gasteiger charge is -2.26. The van der Waals surface area contributed by atoms with E-state index in [4.69, 9.17) is 0 Å². The van der Waals surface area contributed by atoms with E-state index in [1.54, 1.807) is 0 Å². The first-order valence-corrected chi connectivity index (χ1v) is 19.9. The molecule has 1 aromatic heterocycles. The van der Waals surface area contributed by atoms with Crippen molar-refractivity contribution in [1.82, 2.24) is 4.57 Å². The standard InChI is InChI=1S/C56H38N2/c1-3-11-39(12-4-1)41-27-30-50(31-28-41)57(52-33-34-56-54(38-52)53-17-9-10-18-55(53)58(56)49-15-5-2-6-16-49)51-32-29-44-24-26-47(36-48(44)37-51)43-21-19-42(20-22-43)46-25-23-40-13-7-8-14-45(40)35-46/h1-38H. The fraction of sp³-hybridized carbons (Fsp3) is 0. The molecular formula is C56H38N2. The molecular weight excluding hydrogens is 701 g/mol. The van der Waals surface area contributed by atoms with Crippen molar-refractivity contribution in [3.63, 3.8) is 0 Å². The molecule has 2 nitrogen and oxygen atoms in total. The molecule has 10 aromatic carbocycles. The summed E-state index contributed by atoms with van der Waals surface area (Å²) in [6, 6.07) is 83.7. The van der Waals surface area contributed by atoms with Gasteiger partial charge in [0.1, 0.15) is 0 Å². The van der Waals surface area contributed by atoms with Gasteiger partial charge in [-0.2, -0.15) is 0 Å². The van der Waals surface area contributed by atoms with Crippen LogP contribution >= 0.6 is 0 Å². The molecule has 0 unspecified atom stereocenters. The van der Waals surface area contributed by atoms with Crippen LogP contribution in [0.15, 0.2) is 231 Å². The van der Waals surface area contributed by atoms with E-state index in [0.717, 1.165) is 22.7 Å². The molecule has 0 saturated carbocycles. The first kappa shape index (κ1) is 33.6. The lowest BCUT2D eigenvalue weighted by atomic mass is 9.97. The summed E-state index contributed by atoms with van der Waals surface area (Å²) in [7, 11) is 0. The van der Waals surface area contributed by atoms with Gasteiger partial charge in [-0.25, -0.2) is 0 Å². The van der Waals surface area contributed by atoms with E-state index >= 15 is 0 Å². The van der Waals surface area contributed by atoms with Gasteiger partial charge in [-0.15, -0.1) is 0 Å².